The summed E-state index contributed by atoms with van der Waals surface area (Å²) in [4.78, 5) is 24.4. The summed E-state index contributed by atoms with van der Waals surface area (Å²) in [5, 5.41) is 0. The van der Waals surface area contributed by atoms with Crippen molar-refractivity contribution in [3.05, 3.63) is 34.4 Å². The lowest BCUT2D eigenvalue weighted by Crippen LogP contribution is -2.36. The minimum absolute atomic E-state index is 0.142. The normalized spacial score (nSPS) is 24.9. The molecule has 0 aliphatic heterocycles. The molecule has 2 aliphatic rings. The van der Waals surface area contributed by atoms with E-state index in [1.807, 2.05) is 32.9 Å². The molecule has 0 saturated heterocycles. The van der Waals surface area contributed by atoms with Crippen molar-refractivity contribution in [2.24, 2.45) is 5.92 Å². The Morgan fingerprint density at radius 1 is 1.05 bits per heavy atom. The SMILES string of the molecule is CC1CCc2c(ccc3c2CCC(=O)C3(C)C)C1=O. The van der Waals surface area contributed by atoms with Crippen molar-refractivity contribution in [3.63, 3.8) is 0 Å². The van der Waals surface area contributed by atoms with E-state index in [4.69, 9.17) is 0 Å². The van der Waals surface area contributed by atoms with Crippen molar-refractivity contribution in [1.82, 2.24) is 0 Å². The molecule has 0 spiro atoms. The Bertz CT molecular complexity index is 581. The number of benzene rings is 1. The number of Topliss-reactive ketones (excluding diaryl/α,β-unsaturated/α-hetero) is 2. The average Bonchev–Trinajstić information content (AvgIpc) is 2.38. The zero-order chi connectivity index (χ0) is 13.8. The topological polar surface area (TPSA) is 34.1 Å². The number of ketones is 2. The van der Waals surface area contributed by atoms with Crippen molar-refractivity contribution in [2.45, 2.75) is 51.9 Å². The van der Waals surface area contributed by atoms with Crippen LogP contribution in [-0.2, 0) is 23.1 Å². The van der Waals surface area contributed by atoms with Gasteiger partial charge < -0.3 is 0 Å². The summed E-state index contributed by atoms with van der Waals surface area (Å²) < 4.78 is 0. The van der Waals surface area contributed by atoms with Gasteiger partial charge in [0, 0.05) is 23.3 Å². The Balaban J connectivity index is 2.20. The van der Waals surface area contributed by atoms with Gasteiger partial charge in [-0.25, -0.2) is 0 Å². The van der Waals surface area contributed by atoms with Crippen LogP contribution in [0.3, 0.4) is 0 Å². The fourth-order valence-electron chi connectivity index (χ4n) is 3.54. The number of fused-ring (bicyclic) bond motifs is 3. The van der Waals surface area contributed by atoms with Gasteiger partial charge in [0.05, 0.1) is 0 Å². The van der Waals surface area contributed by atoms with E-state index in [1.165, 1.54) is 11.1 Å². The first-order valence-corrected chi connectivity index (χ1v) is 7.15. The minimum Gasteiger partial charge on any atom is -0.299 e. The highest BCUT2D eigenvalue weighted by Gasteiger charge is 2.38. The summed E-state index contributed by atoms with van der Waals surface area (Å²) in [7, 11) is 0. The lowest BCUT2D eigenvalue weighted by Gasteiger charge is -2.34. The molecular formula is C17H20O2. The van der Waals surface area contributed by atoms with Gasteiger partial charge in [-0.15, -0.1) is 0 Å². The second kappa shape index (κ2) is 4.03. The van der Waals surface area contributed by atoms with E-state index < -0.39 is 5.41 Å². The standard InChI is InChI=1S/C17H20O2/c1-10-4-5-11-12-7-9-15(18)17(2,3)14(12)8-6-13(11)16(10)19/h6,8,10H,4-5,7,9H2,1-3H3. The largest absolute Gasteiger partial charge is 0.299 e. The van der Waals surface area contributed by atoms with Gasteiger partial charge in [0.2, 0.25) is 0 Å². The van der Waals surface area contributed by atoms with E-state index >= 15 is 0 Å². The summed E-state index contributed by atoms with van der Waals surface area (Å²) in [6.07, 6.45) is 3.34. The maximum absolute atomic E-state index is 12.3. The Morgan fingerprint density at radius 3 is 2.53 bits per heavy atom. The molecule has 0 aromatic heterocycles. The first-order valence-electron chi connectivity index (χ1n) is 7.15. The van der Waals surface area contributed by atoms with Gasteiger partial charge >= 0.3 is 0 Å². The zero-order valence-corrected chi connectivity index (χ0v) is 11.9. The van der Waals surface area contributed by atoms with E-state index in [-0.39, 0.29) is 11.7 Å². The Kier molecular flexibility index (Phi) is 2.67. The average molecular weight is 256 g/mol. The first-order chi connectivity index (χ1) is 8.93. The first kappa shape index (κ1) is 12.6. The quantitative estimate of drug-likeness (QED) is 0.714. The molecule has 1 unspecified atom stereocenters. The van der Waals surface area contributed by atoms with E-state index in [0.29, 0.717) is 12.2 Å². The molecule has 0 bridgehead atoms. The van der Waals surface area contributed by atoms with Crippen molar-refractivity contribution >= 4 is 11.6 Å². The van der Waals surface area contributed by atoms with Crippen LogP contribution in [-0.4, -0.2) is 11.6 Å². The molecule has 2 nitrogen and oxygen atoms in total. The van der Waals surface area contributed by atoms with Gasteiger partial charge in [-0.3, -0.25) is 9.59 Å². The van der Waals surface area contributed by atoms with Crippen molar-refractivity contribution in [2.75, 3.05) is 0 Å². The van der Waals surface area contributed by atoms with Gasteiger partial charge in [0.25, 0.3) is 0 Å². The highest BCUT2D eigenvalue weighted by Crippen LogP contribution is 2.39. The molecule has 100 valence electrons. The third-order valence-corrected chi connectivity index (χ3v) is 4.94. The molecule has 0 N–H and O–H groups in total. The second-order valence-electron chi connectivity index (χ2n) is 6.47. The van der Waals surface area contributed by atoms with Crippen LogP contribution in [0.5, 0.6) is 0 Å². The Hall–Kier alpha value is -1.44. The van der Waals surface area contributed by atoms with E-state index in [2.05, 4.69) is 0 Å². The number of rotatable bonds is 0. The molecule has 0 amide bonds. The fraction of sp³-hybridized carbons (Fsp3) is 0.529. The monoisotopic (exact) mass is 256 g/mol. The van der Waals surface area contributed by atoms with Crippen molar-refractivity contribution < 1.29 is 9.59 Å². The molecule has 0 heterocycles. The third kappa shape index (κ3) is 1.69. The van der Waals surface area contributed by atoms with Crippen LogP contribution in [0.2, 0.25) is 0 Å². The molecular weight excluding hydrogens is 236 g/mol. The Labute approximate surface area is 114 Å². The highest BCUT2D eigenvalue weighted by atomic mass is 16.1. The van der Waals surface area contributed by atoms with Crippen molar-refractivity contribution in [1.29, 1.82) is 0 Å². The predicted molar refractivity (Wildman–Crippen MR) is 74.6 cm³/mol. The smallest absolute Gasteiger partial charge is 0.165 e. The summed E-state index contributed by atoms with van der Waals surface area (Å²) in [6, 6.07) is 3.97. The molecule has 0 radical (unpaired) electrons. The van der Waals surface area contributed by atoms with Gasteiger partial charge in [-0.2, -0.15) is 0 Å². The second-order valence-corrected chi connectivity index (χ2v) is 6.47. The maximum atomic E-state index is 12.3. The molecule has 1 aromatic rings. The summed E-state index contributed by atoms with van der Waals surface area (Å²) in [5.41, 5.74) is 4.16. The predicted octanol–water partition coefficient (Wildman–Crippen LogP) is 3.24. The summed E-state index contributed by atoms with van der Waals surface area (Å²) >= 11 is 0. The van der Waals surface area contributed by atoms with Gasteiger partial charge in [0.15, 0.2) is 5.78 Å². The number of hydrogen-bond donors (Lipinski definition) is 0. The van der Waals surface area contributed by atoms with Crippen LogP contribution in [0.1, 0.15) is 60.7 Å². The number of carbonyl (C=O) groups is 2. The number of hydrogen-bond acceptors (Lipinski definition) is 2. The molecule has 1 aromatic carbocycles. The number of carbonyl (C=O) groups excluding carboxylic acids is 2. The lowest BCUT2D eigenvalue weighted by molar-refractivity contribution is -0.124. The van der Waals surface area contributed by atoms with Crippen LogP contribution in [0, 0.1) is 5.92 Å². The maximum Gasteiger partial charge on any atom is 0.165 e. The van der Waals surface area contributed by atoms with Crippen molar-refractivity contribution in [3.8, 4) is 0 Å². The Morgan fingerprint density at radius 2 is 1.79 bits per heavy atom. The molecule has 19 heavy (non-hydrogen) atoms. The van der Waals surface area contributed by atoms with Crippen LogP contribution in [0.25, 0.3) is 0 Å². The zero-order valence-electron chi connectivity index (χ0n) is 11.9. The molecule has 1 atom stereocenters. The van der Waals surface area contributed by atoms with Crippen LogP contribution in [0.15, 0.2) is 12.1 Å². The molecule has 2 aliphatic carbocycles. The molecule has 0 fully saturated rings. The van der Waals surface area contributed by atoms with Crippen LogP contribution in [0.4, 0.5) is 0 Å². The van der Waals surface area contributed by atoms with Gasteiger partial charge in [0.1, 0.15) is 5.78 Å². The lowest BCUT2D eigenvalue weighted by atomic mass is 9.68. The highest BCUT2D eigenvalue weighted by molar-refractivity contribution is 6.01. The van der Waals surface area contributed by atoms with Gasteiger partial charge in [-0.1, -0.05) is 19.1 Å². The molecule has 0 saturated carbocycles. The molecule has 2 heteroatoms. The van der Waals surface area contributed by atoms with E-state index in [9.17, 15) is 9.59 Å². The third-order valence-electron chi connectivity index (χ3n) is 4.94. The minimum atomic E-state index is -0.394. The summed E-state index contributed by atoms with van der Waals surface area (Å²) in [5.74, 6) is 0.734. The van der Waals surface area contributed by atoms with Crippen LogP contribution < -0.4 is 0 Å². The van der Waals surface area contributed by atoms with Gasteiger partial charge in [-0.05, 0) is 49.8 Å². The fourth-order valence-corrected chi connectivity index (χ4v) is 3.54. The molecule has 3 rings (SSSR count). The van der Waals surface area contributed by atoms with Crippen LogP contribution >= 0.6 is 0 Å². The van der Waals surface area contributed by atoms with E-state index in [1.54, 1.807) is 0 Å². The van der Waals surface area contributed by atoms with E-state index in [0.717, 1.165) is 30.4 Å². The summed E-state index contributed by atoms with van der Waals surface area (Å²) in [6.45, 7) is 6.03.